The van der Waals surface area contributed by atoms with Gasteiger partial charge in [0.15, 0.2) is 0 Å². The average molecular weight is 238 g/mol. The Morgan fingerprint density at radius 1 is 1.24 bits per heavy atom. The highest BCUT2D eigenvalue weighted by molar-refractivity contribution is 5.04. The first-order valence-corrected chi connectivity index (χ1v) is 7.26. The Morgan fingerprint density at radius 3 is 2.47 bits per heavy atom. The Labute approximate surface area is 105 Å². The normalized spacial score (nSPS) is 47.3. The van der Waals surface area contributed by atoms with E-state index in [2.05, 4.69) is 24.2 Å². The molecule has 0 aromatic carbocycles. The standard InChI is InChI=1S/C14H26N2O/c1-14(6-3-7-17-10-14)16-12-4-5-13(16)9-11(8-12)15-2/h11-13,15H,3-10H2,1-2H3. The van der Waals surface area contributed by atoms with Crippen molar-refractivity contribution >= 4 is 0 Å². The number of nitrogens with one attached hydrogen (secondary N) is 1. The minimum absolute atomic E-state index is 0.322. The lowest BCUT2D eigenvalue weighted by Gasteiger charge is -2.51. The van der Waals surface area contributed by atoms with Crippen molar-refractivity contribution in [3.63, 3.8) is 0 Å². The second kappa shape index (κ2) is 4.52. The summed E-state index contributed by atoms with van der Waals surface area (Å²) < 4.78 is 5.76. The van der Waals surface area contributed by atoms with Crippen LogP contribution in [0.1, 0.15) is 45.4 Å². The molecule has 0 amide bonds. The molecule has 0 aromatic heterocycles. The molecule has 17 heavy (non-hydrogen) atoms. The van der Waals surface area contributed by atoms with Crippen LogP contribution in [0.3, 0.4) is 0 Å². The minimum Gasteiger partial charge on any atom is -0.380 e. The van der Waals surface area contributed by atoms with Gasteiger partial charge < -0.3 is 10.1 Å². The van der Waals surface area contributed by atoms with Crippen molar-refractivity contribution in [1.82, 2.24) is 10.2 Å². The fourth-order valence-corrected chi connectivity index (χ4v) is 4.42. The second-order valence-corrected chi connectivity index (χ2v) is 6.40. The first-order valence-electron chi connectivity index (χ1n) is 7.26. The summed E-state index contributed by atoms with van der Waals surface area (Å²) in [7, 11) is 2.12. The molecule has 0 radical (unpaired) electrons. The number of hydrogen-bond acceptors (Lipinski definition) is 3. The van der Waals surface area contributed by atoms with Gasteiger partial charge in [-0.2, -0.15) is 0 Å². The molecule has 3 aliphatic heterocycles. The minimum atomic E-state index is 0.322. The average Bonchev–Trinajstić information content (AvgIpc) is 2.63. The van der Waals surface area contributed by atoms with E-state index in [1.165, 1.54) is 38.5 Å². The lowest BCUT2D eigenvalue weighted by Crippen LogP contribution is -2.61. The molecule has 2 bridgehead atoms. The third-order valence-electron chi connectivity index (χ3n) is 5.18. The molecule has 0 spiro atoms. The maximum absolute atomic E-state index is 5.76. The first kappa shape index (κ1) is 11.9. The van der Waals surface area contributed by atoms with Gasteiger partial charge in [-0.3, -0.25) is 4.90 Å². The van der Waals surface area contributed by atoms with Gasteiger partial charge in [0.1, 0.15) is 0 Å². The van der Waals surface area contributed by atoms with Gasteiger partial charge in [0, 0.05) is 30.3 Å². The van der Waals surface area contributed by atoms with Crippen LogP contribution >= 0.6 is 0 Å². The molecule has 3 aliphatic rings. The zero-order chi connectivity index (χ0) is 11.9. The van der Waals surface area contributed by atoms with Crippen molar-refractivity contribution in [2.24, 2.45) is 0 Å². The van der Waals surface area contributed by atoms with E-state index in [0.29, 0.717) is 5.54 Å². The van der Waals surface area contributed by atoms with E-state index in [1.54, 1.807) is 0 Å². The molecular weight excluding hydrogens is 212 g/mol. The van der Waals surface area contributed by atoms with E-state index < -0.39 is 0 Å². The molecule has 3 fully saturated rings. The molecule has 3 nitrogen and oxygen atoms in total. The zero-order valence-electron chi connectivity index (χ0n) is 11.2. The van der Waals surface area contributed by atoms with Crippen molar-refractivity contribution in [2.45, 2.75) is 69.1 Å². The van der Waals surface area contributed by atoms with Gasteiger partial charge in [0.05, 0.1) is 6.61 Å². The lowest BCUT2D eigenvalue weighted by atomic mass is 9.86. The second-order valence-electron chi connectivity index (χ2n) is 6.40. The van der Waals surface area contributed by atoms with Crippen LogP contribution in [0.2, 0.25) is 0 Å². The van der Waals surface area contributed by atoms with Gasteiger partial charge in [-0.05, 0) is 52.5 Å². The fraction of sp³-hybridized carbons (Fsp3) is 1.00. The molecule has 3 atom stereocenters. The number of nitrogens with zero attached hydrogens (tertiary/aromatic N) is 1. The predicted molar refractivity (Wildman–Crippen MR) is 69.2 cm³/mol. The summed E-state index contributed by atoms with van der Waals surface area (Å²) in [4.78, 5) is 2.83. The van der Waals surface area contributed by atoms with Gasteiger partial charge >= 0.3 is 0 Å². The van der Waals surface area contributed by atoms with Crippen molar-refractivity contribution in [3.8, 4) is 0 Å². The van der Waals surface area contributed by atoms with E-state index >= 15 is 0 Å². The van der Waals surface area contributed by atoms with Crippen LogP contribution in [0.25, 0.3) is 0 Å². The number of piperidine rings is 1. The fourth-order valence-electron chi connectivity index (χ4n) is 4.42. The predicted octanol–water partition coefficient (Wildman–Crippen LogP) is 1.77. The summed E-state index contributed by atoms with van der Waals surface area (Å²) in [5.74, 6) is 0. The monoisotopic (exact) mass is 238 g/mol. The summed E-state index contributed by atoms with van der Waals surface area (Å²) in [6.45, 7) is 4.35. The smallest absolute Gasteiger partial charge is 0.0647 e. The van der Waals surface area contributed by atoms with Crippen molar-refractivity contribution in [2.75, 3.05) is 20.3 Å². The Balaban J connectivity index is 1.76. The molecule has 1 N–H and O–H groups in total. The van der Waals surface area contributed by atoms with Gasteiger partial charge in [-0.15, -0.1) is 0 Å². The third kappa shape index (κ3) is 2.02. The van der Waals surface area contributed by atoms with E-state index in [9.17, 15) is 0 Å². The number of hydrogen-bond donors (Lipinski definition) is 1. The highest BCUT2D eigenvalue weighted by Gasteiger charge is 2.48. The molecule has 3 unspecified atom stereocenters. The highest BCUT2D eigenvalue weighted by atomic mass is 16.5. The quantitative estimate of drug-likeness (QED) is 0.793. The summed E-state index contributed by atoms with van der Waals surface area (Å²) in [6, 6.07) is 2.35. The van der Waals surface area contributed by atoms with Crippen LogP contribution in [0.15, 0.2) is 0 Å². The third-order valence-corrected chi connectivity index (χ3v) is 5.18. The van der Waals surface area contributed by atoms with Crippen LogP contribution < -0.4 is 5.32 Å². The lowest BCUT2D eigenvalue weighted by molar-refractivity contribution is -0.0763. The van der Waals surface area contributed by atoms with Gasteiger partial charge in [-0.1, -0.05) is 0 Å². The summed E-state index contributed by atoms with van der Waals surface area (Å²) in [5, 5.41) is 3.48. The molecule has 3 heteroatoms. The van der Waals surface area contributed by atoms with Crippen LogP contribution in [0, 0.1) is 0 Å². The first-order chi connectivity index (χ1) is 8.23. The zero-order valence-corrected chi connectivity index (χ0v) is 11.2. The van der Waals surface area contributed by atoms with Crippen molar-refractivity contribution < 1.29 is 4.74 Å². The summed E-state index contributed by atoms with van der Waals surface area (Å²) in [5.41, 5.74) is 0.322. The van der Waals surface area contributed by atoms with E-state index in [-0.39, 0.29) is 0 Å². The van der Waals surface area contributed by atoms with Gasteiger partial charge in [0.2, 0.25) is 0 Å². The Morgan fingerprint density at radius 2 is 1.94 bits per heavy atom. The molecule has 3 heterocycles. The Bertz CT molecular complexity index is 261. The molecular formula is C14H26N2O. The SMILES string of the molecule is CNC1CC2CCC(C1)N2C1(C)CCCOC1. The van der Waals surface area contributed by atoms with Crippen LogP contribution in [0.4, 0.5) is 0 Å². The molecule has 0 saturated carbocycles. The van der Waals surface area contributed by atoms with E-state index in [4.69, 9.17) is 4.74 Å². The summed E-state index contributed by atoms with van der Waals surface area (Å²) in [6.07, 6.45) is 8.04. The molecule has 3 rings (SSSR count). The maximum Gasteiger partial charge on any atom is 0.0647 e. The largest absolute Gasteiger partial charge is 0.380 e. The molecule has 3 saturated heterocycles. The summed E-state index contributed by atoms with van der Waals surface area (Å²) >= 11 is 0. The van der Waals surface area contributed by atoms with Crippen LogP contribution in [-0.2, 0) is 4.74 Å². The Kier molecular flexibility index (Phi) is 3.18. The maximum atomic E-state index is 5.76. The molecule has 0 aromatic rings. The van der Waals surface area contributed by atoms with Gasteiger partial charge in [0.25, 0.3) is 0 Å². The van der Waals surface area contributed by atoms with Gasteiger partial charge in [-0.25, -0.2) is 0 Å². The Hall–Kier alpha value is -0.120. The van der Waals surface area contributed by atoms with Crippen molar-refractivity contribution in [3.05, 3.63) is 0 Å². The van der Waals surface area contributed by atoms with Crippen LogP contribution in [-0.4, -0.2) is 48.8 Å². The van der Waals surface area contributed by atoms with E-state index in [0.717, 1.165) is 31.3 Å². The molecule has 98 valence electrons. The topological polar surface area (TPSA) is 24.5 Å². The van der Waals surface area contributed by atoms with Crippen molar-refractivity contribution in [1.29, 1.82) is 0 Å². The highest BCUT2D eigenvalue weighted by Crippen LogP contribution is 2.43. The van der Waals surface area contributed by atoms with Crippen LogP contribution in [0.5, 0.6) is 0 Å². The number of fused-ring (bicyclic) bond motifs is 2. The number of ether oxygens (including phenoxy) is 1. The van der Waals surface area contributed by atoms with E-state index in [1.807, 2.05) is 0 Å². The number of rotatable bonds is 2. The molecule has 0 aliphatic carbocycles.